The van der Waals surface area contributed by atoms with Gasteiger partial charge in [0.15, 0.2) is 5.69 Å². The van der Waals surface area contributed by atoms with Crippen LogP contribution in [0.25, 0.3) is 0 Å². The van der Waals surface area contributed by atoms with Gasteiger partial charge in [-0.15, -0.1) is 0 Å². The van der Waals surface area contributed by atoms with E-state index in [1.165, 1.54) is 6.92 Å². The van der Waals surface area contributed by atoms with E-state index in [9.17, 15) is 13.2 Å². The normalized spacial score (nSPS) is 11.0. The molecule has 0 saturated heterocycles. The molecule has 0 unspecified atom stereocenters. The van der Waals surface area contributed by atoms with Crippen LogP contribution in [0.2, 0.25) is 0 Å². The number of halogens is 4. The zero-order chi connectivity index (χ0) is 11.5. The van der Waals surface area contributed by atoms with Crippen LogP contribution in [-0.2, 0) is 6.18 Å². The van der Waals surface area contributed by atoms with Crippen LogP contribution in [0.15, 0.2) is 0 Å². The van der Waals surface area contributed by atoms with E-state index in [2.05, 4.69) is 38.0 Å². The van der Waals surface area contributed by atoms with Crippen LogP contribution < -0.4 is 0 Å². The molecule has 1 aromatic rings. The van der Waals surface area contributed by atoms with Crippen LogP contribution in [0.4, 0.5) is 13.2 Å². The zero-order valence-electron chi connectivity index (χ0n) is 7.87. The molecule has 0 spiro atoms. The summed E-state index contributed by atoms with van der Waals surface area (Å²) in [4.78, 5) is 0. The molecule has 0 amide bonds. The molecule has 1 N–H and O–H groups in total. The molecule has 0 fully saturated rings. The monoisotopic (exact) mass is 280 g/mol. The summed E-state index contributed by atoms with van der Waals surface area (Å²) in [6.07, 6.45) is -3.95. The predicted molar refractivity (Wildman–Crippen MR) is 53.6 cm³/mol. The molecule has 0 saturated carbocycles. The lowest BCUT2D eigenvalue weighted by Crippen LogP contribution is -2.07. The van der Waals surface area contributed by atoms with Gasteiger partial charge in [-0.05, 0) is 6.92 Å². The molecular weight excluding hydrogens is 273 g/mol. The summed E-state index contributed by atoms with van der Waals surface area (Å²) in [5.74, 6) is 5.11. The van der Waals surface area contributed by atoms with Gasteiger partial charge in [0.05, 0.1) is 5.56 Å². The molecule has 0 radical (unpaired) electrons. The van der Waals surface area contributed by atoms with Gasteiger partial charge in [0, 0.05) is 17.4 Å². The summed E-state index contributed by atoms with van der Waals surface area (Å²) in [5.41, 5.74) is -0.671. The standard InChI is InChI=1S/C9H8BrF3N2/c1-6-7(4-2-3-5-10)8(15-14-6)9(11,12)13/h3,5H2,1H3,(H,14,15). The molecule has 0 aromatic carbocycles. The highest BCUT2D eigenvalue weighted by Crippen LogP contribution is 2.30. The lowest BCUT2D eigenvalue weighted by atomic mass is 10.2. The van der Waals surface area contributed by atoms with Crippen molar-refractivity contribution < 1.29 is 13.2 Å². The lowest BCUT2D eigenvalue weighted by molar-refractivity contribution is -0.141. The first-order valence-corrected chi connectivity index (χ1v) is 5.26. The Morgan fingerprint density at radius 3 is 2.67 bits per heavy atom. The van der Waals surface area contributed by atoms with Crippen molar-refractivity contribution in [3.63, 3.8) is 0 Å². The predicted octanol–water partition coefficient (Wildman–Crippen LogP) is 2.87. The van der Waals surface area contributed by atoms with Crippen molar-refractivity contribution in [2.45, 2.75) is 19.5 Å². The van der Waals surface area contributed by atoms with Gasteiger partial charge in [-0.1, -0.05) is 27.8 Å². The minimum absolute atomic E-state index is 0.0662. The first-order chi connectivity index (χ1) is 6.96. The Balaban J connectivity index is 3.07. The number of nitrogens with zero attached hydrogens (tertiary/aromatic N) is 1. The van der Waals surface area contributed by atoms with E-state index in [1.807, 2.05) is 0 Å². The van der Waals surface area contributed by atoms with E-state index in [-0.39, 0.29) is 5.56 Å². The third kappa shape index (κ3) is 2.99. The second-order valence-electron chi connectivity index (χ2n) is 2.81. The highest BCUT2D eigenvalue weighted by molar-refractivity contribution is 9.09. The fraction of sp³-hybridized carbons (Fsp3) is 0.444. The number of hydrogen-bond acceptors (Lipinski definition) is 1. The number of aromatic amines is 1. The van der Waals surface area contributed by atoms with E-state index in [0.29, 0.717) is 17.4 Å². The van der Waals surface area contributed by atoms with Gasteiger partial charge in [0.2, 0.25) is 0 Å². The number of alkyl halides is 4. The molecule has 1 rings (SSSR count). The number of nitrogens with one attached hydrogen (secondary N) is 1. The van der Waals surface area contributed by atoms with Crippen molar-refractivity contribution in [3.05, 3.63) is 17.0 Å². The molecule has 1 heterocycles. The SMILES string of the molecule is Cc1[nH]nc(C(F)(F)F)c1C#CCCBr. The highest BCUT2D eigenvalue weighted by Gasteiger charge is 2.37. The molecule has 1 aromatic heterocycles. The number of aromatic nitrogens is 2. The molecule has 0 aliphatic heterocycles. The third-order valence-corrected chi connectivity index (χ3v) is 2.05. The van der Waals surface area contributed by atoms with E-state index in [1.54, 1.807) is 0 Å². The maximum absolute atomic E-state index is 12.4. The van der Waals surface area contributed by atoms with Crippen LogP contribution in [0.1, 0.15) is 23.4 Å². The van der Waals surface area contributed by atoms with E-state index in [4.69, 9.17) is 0 Å². The third-order valence-electron chi connectivity index (χ3n) is 1.65. The Morgan fingerprint density at radius 1 is 1.47 bits per heavy atom. The summed E-state index contributed by atoms with van der Waals surface area (Å²) in [6.45, 7) is 1.51. The Bertz CT molecular complexity index is 398. The van der Waals surface area contributed by atoms with E-state index >= 15 is 0 Å². The van der Waals surface area contributed by atoms with E-state index in [0.717, 1.165) is 0 Å². The maximum Gasteiger partial charge on any atom is 0.436 e. The summed E-state index contributed by atoms with van der Waals surface area (Å²) in [6, 6.07) is 0. The van der Waals surface area contributed by atoms with Gasteiger partial charge < -0.3 is 0 Å². The van der Waals surface area contributed by atoms with Gasteiger partial charge in [-0.2, -0.15) is 18.3 Å². The lowest BCUT2D eigenvalue weighted by Gasteiger charge is -2.01. The van der Waals surface area contributed by atoms with Crippen LogP contribution >= 0.6 is 15.9 Å². The summed E-state index contributed by atoms with van der Waals surface area (Å²) >= 11 is 3.14. The largest absolute Gasteiger partial charge is 0.436 e. The van der Waals surface area contributed by atoms with Gasteiger partial charge in [0.1, 0.15) is 0 Å². The Morgan fingerprint density at radius 2 is 2.13 bits per heavy atom. The minimum Gasteiger partial charge on any atom is -0.281 e. The molecule has 0 bridgehead atoms. The Kier molecular flexibility index (Phi) is 3.80. The zero-order valence-corrected chi connectivity index (χ0v) is 9.46. The Hall–Kier alpha value is -0.960. The Labute approximate surface area is 93.4 Å². The molecular formula is C9H8BrF3N2. The smallest absolute Gasteiger partial charge is 0.281 e. The maximum atomic E-state index is 12.4. The van der Waals surface area contributed by atoms with Crippen molar-refractivity contribution in [2.24, 2.45) is 0 Å². The summed E-state index contributed by atoms with van der Waals surface area (Å²) in [5, 5.41) is 6.13. The molecule has 82 valence electrons. The molecule has 2 nitrogen and oxygen atoms in total. The number of H-pyrrole nitrogens is 1. The average molecular weight is 281 g/mol. The van der Waals surface area contributed by atoms with Crippen molar-refractivity contribution >= 4 is 15.9 Å². The summed E-state index contributed by atoms with van der Waals surface area (Å²) < 4.78 is 37.2. The van der Waals surface area contributed by atoms with Crippen LogP contribution in [0, 0.1) is 18.8 Å². The molecule has 0 atom stereocenters. The fourth-order valence-corrected chi connectivity index (χ4v) is 1.18. The number of aryl methyl sites for hydroxylation is 1. The fourth-order valence-electron chi connectivity index (χ4n) is 0.985. The second kappa shape index (κ2) is 4.71. The first-order valence-electron chi connectivity index (χ1n) is 4.13. The quantitative estimate of drug-likeness (QED) is 0.622. The second-order valence-corrected chi connectivity index (χ2v) is 3.60. The van der Waals surface area contributed by atoms with E-state index < -0.39 is 11.9 Å². The average Bonchev–Trinajstić information content (AvgIpc) is 2.48. The molecule has 0 aliphatic rings. The molecule has 15 heavy (non-hydrogen) atoms. The molecule has 6 heteroatoms. The van der Waals surface area contributed by atoms with Crippen molar-refractivity contribution in [2.75, 3.05) is 5.33 Å². The number of rotatable bonds is 1. The first kappa shape index (κ1) is 12.1. The van der Waals surface area contributed by atoms with Crippen molar-refractivity contribution in [1.82, 2.24) is 10.2 Å². The molecule has 0 aliphatic carbocycles. The van der Waals surface area contributed by atoms with Gasteiger partial charge in [-0.3, -0.25) is 5.10 Å². The number of hydrogen-bond donors (Lipinski definition) is 1. The van der Waals surface area contributed by atoms with Crippen molar-refractivity contribution in [3.8, 4) is 11.8 Å². The summed E-state index contributed by atoms with van der Waals surface area (Å²) in [7, 11) is 0. The topological polar surface area (TPSA) is 28.7 Å². The van der Waals surface area contributed by atoms with Crippen LogP contribution in [0.5, 0.6) is 0 Å². The van der Waals surface area contributed by atoms with Crippen molar-refractivity contribution in [1.29, 1.82) is 0 Å². The van der Waals surface area contributed by atoms with Gasteiger partial charge >= 0.3 is 6.18 Å². The minimum atomic E-state index is -4.46. The van der Waals surface area contributed by atoms with Gasteiger partial charge in [0.25, 0.3) is 0 Å². The highest BCUT2D eigenvalue weighted by atomic mass is 79.9. The van der Waals surface area contributed by atoms with Crippen LogP contribution in [0.3, 0.4) is 0 Å². The van der Waals surface area contributed by atoms with Gasteiger partial charge in [-0.25, -0.2) is 0 Å². The van der Waals surface area contributed by atoms with Crippen LogP contribution in [-0.4, -0.2) is 15.5 Å².